The number of alkyl halides is 3. The largest absolute Gasteiger partial charge is 0.466 e. The highest BCUT2D eigenvalue weighted by Crippen LogP contribution is 2.28. The number of hydrogen-bond donors (Lipinski definition) is 0. The second kappa shape index (κ2) is 7.18. The molecular formula is C11H11ClF2INO2. The lowest BCUT2D eigenvalue weighted by Crippen LogP contribution is -2.13. The Balaban J connectivity index is 3.15. The zero-order valence-corrected chi connectivity index (χ0v) is 12.5. The molecule has 3 nitrogen and oxygen atoms in total. The van der Waals surface area contributed by atoms with Gasteiger partial charge in [-0.25, -0.2) is 13.8 Å². The summed E-state index contributed by atoms with van der Waals surface area (Å²) in [4.78, 5) is 15.3. The molecule has 0 fully saturated rings. The van der Waals surface area contributed by atoms with Crippen LogP contribution in [0.5, 0.6) is 0 Å². The van der Waals surface area contributed by atoms with E-state index < -0.39 is 12.4 Å². The topological polar surface area (TPSA) is 39.2 Å². The van der Waals surface area contributed by atoms with Gasteiger partial charge in [0.2, 0.25) is 0 Å². The van der Waals surface area contributed by atoms with Crippen LogP contribution < -0.4 is 0 Å². The molecule has 0 bridgehead atoms. The van der Waals surface area contributed by atoms with Crippen molar-refractivity contribution in [2.24, 2.45) is 0 Å². The minimum Gasteiger partial charge on any atom is -0.466 e. The number of aromatic nitrogens is 1. The van der Waals surface area contributed by atoms with Crippen molar-refractivity contribution in [3.05, 3.63) is 26.6 Å². The van der Waals surface area contributed by atoms with Crippen molar-refractivity contribution in [2.75, 3.05) is 6.61 Å². The van der Waals surface area contributed by atoms with E-state index in [4.69, 9.17) is 16.3 Å². The van der Waals surface area contributed by atoms with Crippen LogP contribution in [0.2, 0.25) is 0 Å². The van der Waals surface area contributed by atoms with Crippen molar-refractivity contribution in [1.29, 1.82) is 0 Å². The molecule has 0 saturated carbocycles. The number of ether oxygens (including phenoxy) is 1. The Kier molecular flexibility index (Phi) is 6.20. The second-order valence-corrected chi connectivity index (χ2v) is 4.75. The lowest BCUT2D eigenvalue weighted by molar-refractivity contribution is -0.142. The number of carbonyl (C=O) groups excluding carboxylic acids is 1. The monoisotopic (exact) mass is 389 g/mol. The Morgan fingerprint density at radius 2 is 2.28 bits per heavy atom. The SMILES string of the molecule is CCOC(=O)Cc1nc(I)cc(CCl)c1C(F)F. The first kappa shape index (κ1) is 15.6. The molecule has 0 amide bonds. The van der Waals surface area contributed by atoms with Crippen LogP contribution in [0, 0.1) is 3.70 Å². The van der Waals surface area contributed by atoms with Crippen molar-refractivity contribution >= 4 is 40.2 Å². The summed E-state index contributed by atoms with van der Waals surface area (Å²) in [5.41, 5.74) is 0.0647. The van der Waals surface area contributed by atoms with Crippen LogP contribution in [-0.2, 0) is 21.8 Å². The van der Waals surface area contributed by atoms with Crippen LogP contribution in [0.4, 0.5) is 8.78 Å². The summed E-state index contributed by atoms with van der Waals surface area (Å²) in [7, 11) is 0. The highest BCUT2D eigenvalue weighted by atomic mass is 127. The van der Waals surface area contributed by atoms with Gasteiger partial charge in [0.05, 0.1) is 18.7 Å². The summed E-state index contributed by atoms with van der Waals surface area (Å²) in [6.07, 6.45) is -2.98. The summed E-state index contributed by atoms with van der Waals surface area (Å²) in [6.45, 7) is 1.85. The van der Waals surface area contributed by atoms with Crippen molar-refractivity contribution in [1.82, 2.24) is 4.98 Å². The van der Waals surface area contributed by atoms with Crippen molar-refractivity contribution < 1.29 is 18.3 Å². The maximum absolute atomic E-state index is 13.0. The van der Waals surface area contributed by atoms with Gasteiger partial charge in [0.25, 0.3) is 6.43 Å². The molecule has 0 saturated heterocycles. The predicted octanol–water partition coefficient (Wildman–Crippen LogP) is 3.47. The molecule has 0 N–H and O–H groups in total. The second-order valence-electron chi connectivity index (χ2n) is 3.38. The van der Waals surface area contributed by atoms with E-state index in [-0.39, 0.29) is 30.2 Å². The molecule has 0 aliphatic rings. The summed E-state index contributed by atoms with van der Waals surface area (Å²) >= 11 is 7.53. The van der Waals surface area contributed by atoms with Gasteiger partial charge in [0.1, 0.15) is 3.70 Å². The fourth-order valence-electron chi connectivity index (χ4n) is 1.49. The highest BCUT2D eigenvalue weighted by Gasteiger charge is 2.21. The van der Waals surface area contributed by atoms with Crippen molar-refractivity contribution in [3.63, 3.8) is 0 Å². The van der Waals surface area contributed by atoms with Crippen molar-refractivity contribution in [3.8, 4) is 0 Å². The van der Waals surface area contributed by atoms with E-state index in [1.165, 1.54) is 6.07 Å². The molecular weight excluding hydrogens is 378 g/mol. The lowest BCUT2D eigenvalue weighted by Gasteiger charge is -2.12. The van der Waals surface area contributed by atoms with Gasteiger partial charge in [-0.05, 0) is 41.1 Å². The average molecular weight is 390 g/mol. The van der Waals surface area contributed by atoms with Gasteiger partial charge in [0.15, 0.2) is 0 Å². The number of rotatable bonds is 5. The summed E-state index contributed by atoms with van der Waals surface area (Å²) in [6, 6.07) is 1.49. The van der Waals surface area contributed by atoms with Crippen LogP contribution in [0.15, 0.2) is 6.07 Å². The van der Waals surface area contributed by atoms with Gasteiger partial charge in [-0.3, -0.25) is 4.79 Å². The Hall–Kier alpha value is -0.500. The predicted molar refractivity (Wildman–Crippen MR) is 71.8 cm³/mol. The molecule has 0 radical (unpaired) electrons. The van der Waals surface area contributed by atoms with E-state index in [2.05, 4.69) is 4.98 Å². The minimum atomic E-state index is -2.72. The molecule has 0 aliphatic heterocycles. The lowest BCUT2D eigenvalue weighted by atomic mass is 10.1. The van der Waals surface area contributed by atoms with Crippen LogP contribution in [0.1, 0.15) is 30.2 Å². The Labute approximate surface area is 122 Å². The maximum atomic E-state index is 13.0. The Morgan fingerprint density at radius 1 is 1.61 bits per heavy atom. The van der Waals surface area contributed by atoms with Gasteiger partial charge in [-0.1, -0.05) is 0 Å². The zero-order chi connectivity index (χ0) is 13.7. The Morgan fingerprint density at radius 3 is 2.78 bits per heavy atom. The van der Waals surface area contributed by atoms with E-state index in [1.807, 2.05) is 22.6 Å². The first-order valence-corrected chi connectivity index (χ1v) is 6.78. The Bertz CT molecular complexity index is 443. The smallest absolute Gasteiger partial charge is 0.311 e. The fourth-order valence-corrected chi connectivity index (χ4v) is 2.38. The third-order valence-electron chi connectivity index (χ3n) is 2.17. The molecule has 0 aromatic carbocycles. The molecule has 0 unspecified atom stereocenters. The van der Waals surface area contributed by atoms with Crippen LogP contribution in [-0.4, -0.2) is 17.6 Å². The van der Waals surface area contributed by atoms with E-state index in [9.17, 15) is 13.6 Å². The molecule has 0 spiro atoms. The molecule has 100 valence electrons. The van der Waals surface area contributed by atoms with Crippen molar-refractivity contribution in [2.45, 2.75) is 25.7 Å². The molecule has 0 aliphatic carbocycles. The van der Waals surface area contributed by atoms with Crippen LogP contribution >= 0.6 is 34.2 Å². The van der Waals surface area contributed by atoms with Gasteiger partial charge in [-0.15, -0.1) is 11.6 Å². The van der Waals surface area contributed by atoms with Gasteiger partial charge >= 0.3 is 5.97 Å². The van der Waals surface area contributed by atoms with Gasteiger partial charge in [0, 0.05) is 11.4 Å². The third kappa shape index (κ3) is 4.01. The third-order valence-corrected chi connectivity index (χ3v) is 3.01. The number of nitrogens with zero attached hydrogens (tertiary/aromatic N) is 1. The summed E-state index contributed by atoms with van der Waals surface area (Å²) < 4.78 is 31.2. The number of halogens is 4. The molecule has 7 heteroatoms. The van der Waals surface area contributed by atoms with Crippen LogP contribution in [0.3, 0.4) is 0 Å². The molecule has 1 heterocycles. The zero-order valence-electron chi connectivity index (χ0n) is 9.55. The maximum Gasteiger partial charge on any atom is 0.311 e. The number of hydrogen-bond acceptors (Lipinski definition) is 3. The molecule has 1 aromatic rings. The quantitative estimate of drug-likeness (QED) is 0.335. The normalized spacial score (nSPS) is 10.8. The molecule has 1 rings (SSSR count). The van der Waals surface area contributed by atoms with Crippen LogP contribution in [0.25, 0.3) is 0 Å². The molecule has 18 heavy (non-hydrogen) atoms. The van der Waals surface area contributed by atoms with E-state index in [1.54, 1.807) is 6.92 Å². The summed E-state index contributed by atoms with van der Waals surface area (Å²) in [5, 5.41) is 0. The standard InChI is InChI=1S/C11H11ClF2INO2/c1-2-18-9(17)4-7-10(11(13)14)6(5-12)3-8(15)16-7/h3,11H,2,4-5H2,1H3. The minimum absolute atomic E-state index is 0.0333. The van der Waals surface area contributed by atoms with Gasteiger partial charge < -0.3 is 4.74 Å². The first-order valence-electron chi connectivity index (χ1n) is 5.17. The number of pyridine rings is 1. The molecule has 0 atom stereocenters. The van der Waals surface area contributed by atoms with E-state index in [0.717, 1.165) is 0 Å². The first-order chi connectivity index (χ1) is 8.49. The van der Waals surface area contributed by atoms with E-state index >= 15 is 0 Å². The summed E-state index contributed by atoms with van der Waals surface area (Å²) in [5.74, 6) is -0.622. The number of carbonyl (C=O) groups is 1. The van der Waals surface area contributed by atoms with E-state index in [0.29, 0.717) is 9.26 Å². The van der Waals surface area contributed by atoms with Gasteiger partial charge in [-0.2, -0.15) is 0 Å². The molecule has 1 aromatic heterocycles. The average Bonchev–Trinajstić information content (AvgIpc) is 2.27. The fraction of sp³-hybridized carbons (Fsp3) is 0.455. The highest BCUT2D eigenvalue weighted by molar-refractivity contribution is 14.1. The number of esters is 1.